The van der Waals surface area contributed by atoms with Crippen LogP contribution in [-0.2, 0) is 12.8 Å². The molecular weight excluding hydrogens is 280 g/mol. The lowest BCUT2D eigenvalue weighted by Crippen LogP contribution is -2.26. The summed E-state index contributed by atoms with van der Waals surface area (Å²) in [6.45, 7) is 8.42. The first-order chi connectivity index (χ1) is 10.0. The van der Waals surface area contributed by atoms with Crippen molar-refractivity contribution in [3.05, 3.63) is 16.8 Å². The van der Waals surface area contributed by atoms with Crippen molar-refractivity contribution in [2.24, 2.45) is 17.1 Å². The lowest BCUT2D eigenvalue weighted by atomic mass is 9.72. The van der Waals surface area contributed by atoms with E-state index < -0.39 is 0 Å². The van der Waals surface area contributed by atoms with Crippen LogP contribution in [-0.4, -0.2) is 23.1 Å². The van der Waals surface area contributed by atoms with Crippen LogP contribution in [0.25, 0.3) is 10.2 Å². The number of rotatable bonds is 3. The van der Waals surface area contributed by atoms with E-state index in [0.29, 0.717) is 12.0 Å². The molecule has 0 saturated heterocycles. The molecule has 4 nitrogen and oxygen atoms in total. The highest BCUT2D eigenvalue weighted by Gasteiger charge is 2.31. The predicted molar refractivity (Wildman–Crippen MR) is 89.9 cm³/mol. The van der Waals surface area contributed by atoms with Gasteiger partial charge in [0.05, 0.1) is 5.39 Å². The molecule has 3 rings (SSSR count). The maximum Gasteiger partial charge on any atom is 0.138 e. The van der Waals surface area contributed by atoms with E-state index in [1.807, 2.05) is 11.3 Å². The highest BCUT2D eigenvalue weighted by atomic mass is 32.1. The van der Waals surface area contributed by atoms with Crippen LogP contribution < -0.4 is 11.1 Å². The first kappa shape index (κ1) is 14.7. The third kappa shape index (κ3) is 2.77. The molecule has 0 amide bonds. The predicted octanol–water partition coefficient (Wildman–Crippen LogP) is 3.21. The third-order valence-corrected chi connectivity index (χ3v) is 5.67. The molecule has 1 aliphatic carbocycles. The van der Waals surface area contributed by atoms with Crippen molar-refractivity contribution in [1.82, 2.24) is 9.97 Å². The van der Waals surface area contributed by atoms with Gasteiger partial charge in [-0.05, 0) is 36.2 Å². The Labute approximate surface area is 130 Å². The Morgan fingerprint density at radius 1 is 1.38 bits per heavy atom. The summed E-state index contributed by atoms with van der Waals surface area (Å²) in [4.78, 5) is 11.5. The van der Waals surface area contributed by atoms with Gasteiger partial charge >= 0.3 is 0 Å². The fourth-order valence-corrected chi connectivity index (χ4v) is 4.44. The van der Waals surface area contributed by atoms with Crippen LogP contribution in [0, 0.1) is 11.3 Å². The highest BCUT2D eigenvalue weighted by Crippen LogP contribution is 2.44. The molecular formula is C16H24N4S. The van der Waals surface area contributed by atoms with Gasteiger partial charge in [0.25, 0.3) is 0 Å². The zero-order valence-electron chi connectivity index (χ0n) is 13.1. The van der Waals surface area contributed by atoms with E-state index in [9.17, 15) is 0 Å². The number of aryl methyl sites for hydroxylation is 1. The zero-order chi connectivity index (χ0) is 15.0. The van der Waals surface area contributed by atoms with E-state index >= 15 is 0 Å². The van der Waals surface area contributed by atoms with Gasteiger partial charge in [-0.1, -0.05) is 20.8 Å². The molecule has 0 radical (unpaired) electrons. The lowest BCUT2D eigenvalue weighted by molar-refractivity contribution is 0.218. The second-order valence-corrected chi connectivity index (χ2v) is 8.01. The minimum Gasteiger partial charge on any atom is -0.368 e. The Kier molecular flexibility index (Phi) is 3.88. The van der Waals surface area contributed by atoms with Crippen molar-refractivity contribution in [3.8, 4) is 0 Å². The quantitative estimate of drug-likeness (QED) is 0.914. The maximum atomic E-state index is 5.60. The van der Waals surface area contributed by atoms with Gasteiger partial charge in [0.2, 0.25) is 0 Å². The standard InChI is InChI=1S/C16H24N4S/c1-16(2,3)10-4-5-11-12(8-10)21-15-13(11)14(18-7-6-17)19-9-20-15/h9-10H,4-8,17H2,1-3H3,(H,18,19,20). The van der Waals surface area contributed by atoms with Crippen LogP contribution >= 0.6 is 11.3 Å². The molecule has 0 bridgehead atoms. The Hall–Kier alpha value is -1.20. The van der Waals surface area contributed by atoms with Crippen molar-refractivity contribution < 1.29 is 0 Å². The van der Waals surface area contributed by atoms with Gasteiger partial charge in [0.15, 0.2) is 0 Å². The molecule has 3 N–H and O–H groups in total. The minimum atomic E-state index is 0.375. The summed E-state index contributed by atoms with van der Waals surface area (Å²) in [5.41, 5.74) is 7.44. The number of fused-ring (bicyclic) bond motifs is 3. The van der Waals surface area contributed by atoms with Crippen molar-refractivity contribution in [1.29, 1.82) is 0 Å². The van der Waals surface area contributed by atoms with E-state index in [0.717, 1.165) is 29.5 Å². The molecule has 0 aromatic carbocycles. The van der Waals surface area contributed by atoms with Crippen LogP contribution in [0.4, 0.5) is 5.82 Å². The molecule has 1 aliphatic rings. The normalized spacial score (nSPS) is 18.8. The molecule has 1 atom stereocenters. The Morgan fingerprint density at radius 3 is 2.90 bits per heavy atom. The molecule has 0 fully saturated rings. The third-order valence-electron chi connectivity index (χ3n) is 4.51. The number of thiophene rings is 1. The Bertz CT molecular complexity index is 641. The van der Waals surface area contributed by atoms with Gasteiger partial charge in [0, 0.05) is 18.0 Å². The summed E-state index contributed by atoms with van der Waals surface area (Å²) in [6, 6.07) is 0. The summed E-state index contributed by atoms with van der Waals surface area (Å²) in [7, 11) is 0. The number of nitrogens with two attached hydrogens (primary N) is 1. The number of anilines is 1. The minimum absolute atomic E-state index is 0.375. The molecule has 114 valence electrons. The maximum absolute atomic E-state index is 5.60. The molecule has 2 aromatic heterocycles. The van der Waals surface area contributed by atoms with Crippen LogP contribution in [0.2, 0.25) is 0 Å². The Balaban J connectivity index is 2.00. The van der Waals surface area contributed by atoms with Gasteiger partial charge in [0.1, 0.15) is 17.0 Å². The number of hydrogen-bond acceptors (Lipinski definition) is 5. The summed E-state index contributed by atoms with van der Waals surface area (Å²) >= 11 is 1.84. The fourth-order valence-electron chi connectivity index (χ4n) is 3.17. The highest BCUT2D eigenvalue weighted by molar-refractivity contribution is 7.19. The van der Waals surface area contributed by atoms with Crippen molar-refractivity contribution in [2.45, 2.75) is 40.0 Å². The number of nitrogens with zero attached hydrogens (tertiary/aromatic N) is 2. The first-order valence-corrected chi connectivity index (χ1v) is 8.51. The molecule has 2 aromatic rings. The molecule has 2 heterocycles. The van der Waals surface area contributed by atoms with E-state index in [2.05, 4.69) is 36.1 Å². The van der Waals surface area contributed by atoms with Gasteiger partial charge < -0.3 is 11.1 Å². The van der Waals surface area contributed by atoms with Crippen LogP contribution in [0.3, 0.4) is 0 Å². The van der Waals surface area contributed by atoms with E-state index in [-0.39, 0.29) is 0 Å². The molecule has 0 saturated carbocycles. The second kappa shape index (κ2) is 5.54. The first-order valence-electron chi connectivity index (χ1n) is 7.70. The van der Waals surface area contributed by atoms with Gasteiger partial charge in [-0.2, -0.15) is 0 Å². The van der Waals surface area contributed by atoms with Crippen molar-refractivity contribution >= 4 is 27.4 Å². The summed E-state index contributed by atoms with van der Waals surface area (Å²) in [5.74, 6) is 1.71. The summed E-state index contributed by atoms with van der Waals surface area (Å²) < 4.78 is 0. The largest absolute Gasteiger partial charge is 0.368 e. The fraction of sp³-hybridized carbons (Fsp3) is 0.625. The van der Waals surface area contributed by atoms with E-state index in [4.69, 9.17) is 5.73 Å². The monoisotopic (exact) mass is 304 g/mol. The van der Waals surface area contributed by atoms with Crippen LogP contribution in [0.1, 0.15) is 37.6 Å². The molecule has 21 heavy (non-hydrogen) atoms. The zero-order valence-corrected chi connectivity index (χ0v) is 13.9. The number of aromatic nitrogens is 2. The average Bonchev–Trinajstić information content (AvgIpc) is 2.82. The van der Waals surface area contributed by atoms with E-state index in [1.54, 1.807) is 6.33 Å². The van der Waals surface area contributed by atoms with Crippen molar-refractivity contribution in [3.63, 3.8) is 0 Å². The molecule has 0 aliphatic heterocycles. The summed E-state index contributed by atoms with van der Waals surface area (Å²) in [6.07, 6.45) is 5.23. The van der Waals surface area contributed by atoms with Crippen LogP contribution in [0.5, 0.6) is 0 Å². The van der Waals surface area contributed by atoms with Gasteiger partial charge in [-0.25, -0.2) is 9.97 Å². The molecule has 0 spiro atoms. The van der Waals surface area contributed by atoms with Gasteiger partial charge in [-0.15, -0.1) is 11.3 Å². The number of hydrogen-bond donors (Lipinski definition) is 2. The van der Waals surface area contributed by atoms with Crippen molar-refractivity contribution in [2.75, 3.05) is 18.4 Å². The van der Waals surface area contributed by atoms with Crippen LogP contribution in [0.15, 0.2) is 6.33 Å². The van der Waals surface area contributed by atoms with E-state index in [1.165, 1.54) is 28.7 Å². The van der Waals surface area contributed by atoms with Gasteiger partial charge in [-0.3, -0.25) is 0 Å². The molecule has 5 heteroatoms. The smallest absolute Gasteiger partial charge is 0.138 e. The molecule has 1 unspecified atom stereocenters. The number of nitrogens with one attached hydrogen (secondary N) is 1. The second-order valence-electron chi connectivity index (χ2n) is 6.93. The summed E-state index contributed by atoms with van der Waals surface area (Å²) in [5, 5.41) is 4.58. The lowest BCUT2D eigenvalue weighted by Gasteiger charge is -2.33. The SMILES string of the molecule is CC(C)(C)C1CCc2c(sc3ncnc(NCCN)c23)C1. The average molecular weight is 304 g/mol. The topological polar surface area (TPSA) is 63.8 Å². The Morgan fingerprint density at radius 2 is 2.19 bits per heavy atom.